The third-order valence-corrected chi connectivity index (χ3v) is 7.10. The van der Waals surface area contributed by atoms with Crippen LogP contribution in [0.4, 0.5) is 0 Å². The Labute approximate surface area is 202 Å². The summed E-state index contributed by atoms with van der Waals surface area (Å²) >= 11 is 0. The van der Waals surface area contributed by atoms with Gasteiger partial charge in [-0.2, -0.15) is 0 Å². The average Bonchev–Trinajstić information content (AvgIpc) is 2.77. The zero-order valence-electron chi connectivity index (χ0n) is 18.1. The van der Waals surface area contributed by atoms with E-state index in [4.69, 9.17) is 4.74 Å². The zero-order chi connectivity index (χ0) is 21.4. The summed E-state index contributed by atoms with van der Waals surface area (Å²) < 4.78 is 30.9. The van der Waals surface area contributed by atoms with Crippen molar-refractivity contribution in [2.45, 2.75) is 30.8 Å². The normalized spacial score (nSPS) is 19.4. The van der Waals surface area contributed by atoms with Crippen molar-refractivity contribution in [2.24, 2.45) is 10.9 Å². The molecule has 3 rings (SSSR count). The van der Waals surface area contributed by atoms with Crippen LogP contribution >= 0.6 is 24.0 Å². The first-order chi connectivity index (χ1) is 14.5. The summed E-state index contributed by atoms with van der Waals surface area (Å²) in [4.78, 5) is 4.58. The summed E-state index contributed by atoms with van der Waals surface area (Å²) in [6.07, 6.45) is 2.17. The number of halogens is 1. The molecule has 1 fully saturated rings. The molecule has 0 saturated carbocycles. The Morgan fingerprint density at radius 3 is 2.48 bits per heavy atom. The number of ether oxygens (including phenoxy) is 1. The van der Waals surface area contributed by atoms with Gasteiger partial charge in [0.1, 0.15) is 0 Å². The summed E-state index contributed by atoms with van der Waals surface area (Å²) in [5, 5.41) is 6.46. The molecule has 8 heteroatoms. The van der Waals surface area contributed by atoms with E-state index in [-0.39, 0.29) is 35.8 Å². The maximum absolute atomic E-state index is 12.4. The van der Waals surface area contributed by atoms with Gasteiger partial charge in [0.15, 0.2) is 15.8 Å². The lowest BCUT2D eigenvalue weighted by molar-refractivity contribution is -0.0265. The fraction of sp³-hybridized carbons (Fsp3) is 0.435. The minimum Gasteiger partial charge on any atom is -0.373 e. The first-order valence-electron chi connectivity index (χ1n) is 10.4. The molecule has 2 aromatic carbocycles. The molecular weight excluding hydrogens is 525 g/mol. The third kappa shape index (κ3) is 7.47. The standard InChI is InChI=1S/C23H31N3O3S.HI/c1-18-10-12-19(13-11-18)22-20(7-6-15-29-22)17-26-23(24-2)25-14-16-30(27,28)21-8-4-3-5-9-21;/h3-5,8-13,20,22H,6-7,14-17H2,1-2H3,(H2,24,25,26);1H. The Balaban J connectivity index is 0.00000341. The van der Waals surface area contributed by atoms with Crippen LogP contribution < -0.4 is 10.6 Å². The number of sulfone groups is 1. The predicted molar refractivity (Wildman–Crippen MR) is 136 cm³/mol. The second-order valence-corrected chi connectivity index (χ2v) is 9.73. The van der Waals surface area contributed by atoms with Gasteiger partial charge in [-0.25, -0.2) is 8.42 Å². The van der Waals surface area contributed by atoms with E-state index < -0.39 is 9.84 Å². The van der Waals surface area contributed by atoms with Crippen molar-refractivity contribution in [1.29, 1.82) is 0 Å². The molecule has 1 aliphatic heterocycles. The molecule has 2 aromatic rings. The molecule has 2 atom stereocenters. The lowest BCUT2D eigenvalue weighted by atomic mass is 9.89. The van der Waals surface area contributed by atoms with Crippen LogP contribution in [0.1, 0.15) is 30.1 Å². The highest BCUT2D eigenvalue weighted by atomic mass is 127. The summed E-state index contributed by atoms with van der Waals surface area (Å²) in [6, 6.07) is 17.0. The van der Waals surface area contributed by atoms with Gasteiger partial charge in [-0.1, -0.05) is 48.0 Å². The first-order valence-corrected chi connectivity index (χ1v) is 12.1. The Hall–Kier alpha value is -1.65. The first kappa shape index (κ1) is 25.6. The molecule has 31 heavy (non-hydrogen) atoms. The number of aryl methyl sites for hydroxylation is 1. The van der Waals surface area contributed by atoms with Gasteiger partial charge in [-0.15, -0.1) is 24.0 Å². The van der Waals surface area contributed by atoms with E-state index in [0.717, 1.165) is 19.4 Å². The molecule has 0 radical (unpaired) electrons. The Morgan fingerprint density at radius 1 is 1.10 bits per heavy atom. The minimum absolute atomic E-state index is 0. The minimum atomic E-state index is -3.31. The van der Waals surface area contributed by atoms with Gasteiger partial charge in [0.25, 0.3) is 0 Å². The number of nitrogens with zero attached hydrogens (tertiary/aromatic N) is 1. The number of hydrogen-bond acceptors (Lipinski definition) is 4. The van der Waals surface area contributed by atoms with E-state index in [1.807, 2.05) is 6.07 Å². The lowest BCUT2D eigenvalue weighted by Crippen LogP contribution is -2.43. The quantitative estimate of drug-likeness (QED) is 0.308. The summed E-state index contributed by atoms with van der Waals surface area (Å²) in [5.74, 6) is 0.940. The van der Waals surface area contributed by atoms with Crippen LogP contribution in [-0.2, 0) is 14.6 Å². The molecule has 0 aromatic heterocycles. The van der Waals surface area contributed by atoms with E-state index in [0.29, 0.717) is 29.9 Å². The number of aliphatic imine (C=N–C) groups is 1. The number of hydrogen-bond donors (Lipinski definition) is 2. The van der Waals surface area contributed by atoms with E-state index in [1.54, 1.807) is 31.3 Å². The average molecular weight is 557 g/mol. The predicted octanol–water partition coefficient (Wildman–Crippen LogP) is 3.72. The van der Waals surface area contributed by atoms with Crippen LogP contribution in [0.2, 0.25) is 0 Å². The van der Waals surface area contributed by atoms with E-state index in [1.165, 1.54) is 11.1 Å². The maximum atomic E-state index is 12.4. The monoisotopic (exact) mass is 557 g/mol. The van der Waals surface area contributed by atoms with Crippen LogP contribution in [0.3, 0.4) is 0 Å². The van der Waals surface area contributed by atoms with Crippen molar-refractivity contribution in [2.75, 3.05) is 32.5 Å². The highest BCUT2D eigenvalue weighted by molar-refractivity contribution is 14.0. The molecule has 2 unspecified atom stereocenters. The molecule has 1 heterocycles. The van der Waals surface area contributed by atoms with Crippen molar-refractivity contribution in [3.63, 3.8) is 0 Å². The highest BCUT2D eigenvalue weighted by Gasteiger charge is 2.27. The molecule has 0 spiro atoms. The van der Waals surface area contributed by atoms with Crippen molar-refractivity contribution in [3.8, 4) is 0 Å². The van der Waals surface area contributed by atoms with Crippen molar-refractivity contribution in [1.82, 2.24) is 10.6 Å². The number of guanidine groups is 1. The van der Waals surface area contributed by atoms with E-state index in [2.05, 4.69) is 46.8 Å². The van der Waals surface area contributed by atoms with Gasteiger partial charge >= 0.3 is 0 Å². The maximum Gasteiger partial charge on any atom is 0.191 e. The second kappa shape index (κ2) is 12.4. The summed E-state index contributed by atoms with van der Waals surface area (Å²) in [5.41, 5.74) is 2.43. The van der Waals surface area contributed by atoms with Crippen LogP contribution in [0.15, 0.2) is 64.5 Å². The molecule has 1 aliphatic rings. The van der Waals surface area contributed by atoms with Gasteiger partial charge in [-0.3, -0.25) is 4.99 Å². The van der Waals surface area contributed by atoms with Gasteiger partial charge in [-0.05, 0) is 37.5 Å². The molecule has 6 nitrogen and oxygen atoms in total. The molecule has 170 valence electrons. The molecule has 2 N–H and O–H groups in total. The number of rotatable bonds is 7. The number of nitrogens with one attached hydrogen (secondary N) is 2. The van der Waals surface area contributed by atoms with Crippen LogP contribution in [0.5, 0.6) is 0 Å². The Bertz CT molecular complexity index is 934. The van der Waals surface area contributed by atoms with Gasteiger partial charge in [0.05, 0.1) is 16.8 Å². The largest absolute Gasteiger partial charge is 0.373 e. The molecule has 0 bridgehead atoms. The smallest absolute Gasteiger partial charge is 0.191 e. The number of benzene rings is 2. The van der Waals surface area contributed by atoms with Crippen molar-refractivity contribution < 1.29 is 13.2 Å². The molecule has 0 amide bonds. The van der Waals surface area contributed by atoms with Gasteiger partial charge < -0.3 is 15.4 Å². The molecule has 0 aliphatic carbocycles. The van der Waals surface area contributed by atoms with E-state index in [9.17, 15) is 8.42 Å². The second-order valence-electron chi connectivity index (χ2n) is 7.62. The van der Waals surface area contributed by atoms with E-state index >= 15 is 0 Å². The van der Waals surface area contributed by atoms with Crippen molar-refractivity contribution in [3.05, 3.63) is 65.7 Å². The fourth-order valence-corrected chi connectivity index (χ4v) is 4.85. The van der Waals surface area contributed by atoms with Crippen LogP contribution in [0.25, 0.3) is 0 Å². The fourth-order valence-electron chi connectivity index (χ4n) is 3.67. The zero-order valence-corrected chi connectivity index (χ0v) is 21.2. The summed E-state index contributed by atoms with van der Waals surface area (Å²) in [6.45, 7) is 3.86. The molecule has 1 saturated heterocycles. The summed E-state index contributed by atoms with van der Waals surface area (Å²) in [7, 11) is -1.62. The topological polar surface area (TPSA) is 79.8 Å². The Kier molecular flexibility index (Phi) is 10.2. The Morgan fingerprint density at radius 2 is 1.81 bits per heavy atom. The van der Waals surface area contributed by atoms with Crippen molar-refractivity contribution >= 4 is 39.8 Å². The highest BCUT2D eigenvalue weighted by Crippen LogP contribution is 2.33. The third-order valence-electron chi connectivity index (χ3n) is 5.37. The molecular formula is C23H32IN3O3S. The lowest BCUT2D eigenvalue weighted by Gasteiger charge is -2.32. The SMILES string of the molecule is CN=C(NCCS(=O)(=O)c1ccccc1)NCC1CCCOC1c1ccc(C)cc1.I. The van der Waals surface area contributed by atoms with Gasteiger partial charge in [0, 0.05) is 32.7 Å². The van der Waals surface area contributed by atoms with Gasteiger partial charge in [0.2, 0.25) is 0 Å². The van der Waals surface area contributed by atoms with Crippen LogP contribution in [0, 0.1) is 12.8 Å². The van der Waals surface area contributed by atoms with Crippen LogP contribution in [-0.4, -0.2) is 46.9 Å².